The topological polar surface area (TPSA) is 36.7 Å². The molecule has 4 heteroatoms. The van der Waals surface area contributed by atoms with E-state index in [0.29, 0.717) is 17.2 Å². The number of benzene rings is 2. The molecule has 0 amide bonds. The first kappa shape index (κ1) is 21.9. The predicted octanol–water partition coefficient (Wildman–Crippen LogP) is 7.72. The molecule has 2 aromatic carbocycles. The van der Waals surface area contributed by atoms with Gasteiger partial charge in [0.1, 0.15) is 11.1 Å². The Morgan fingerprint density at radius 3 is 2.48 bits per heavy atom. The lowest BCUT2D eigenvalue weighted by atomic mass is 9.70. The molecule has 4 rings (SSSR count). The van der Waals surface area contributed by atoms with Gasteiger partial charge in [0.2, 0.25) is 0 Å². The Morgan fingerprint density at radius 1 is 1.10 bits per heavy atom. The summed E-state index contributed by atoms with van der Waals surface area (Å²) in [5.41, 5.74) is 6.57. The van der Waals surface area contributed by atoms with Crippen LogP contribution < -0.4 is 0 Å². The van der Waals surface area contributed by atoms with Crippen LogP contribution in [0, 0.1) is 22.7 Å². The average Bonchev–Trinajstić information content (AvgIpc) is 2.77. The maximum Gasteiger partial charge on any atom is 0.115 e. The SMILES string of the molecule is CC(C)(C)[C@@H]1CCc2nc(SCc3ccccc3Cl)c(C#N)c(-c3ccccc3)c2C1. The van der Waals surface area contributed by atoms with Crippen molar-refractivity contribution in [2.24, 2.45) is 11.3 Å². The van der Waals surface area contributed by atoms with Crippen LogP contribution in [0.25, 0.3) is 11.1 Å². The van der Waals surface area contributed by atoms with Crippen LogP contribution in [-0.4, -0.2) is 4.98 Å². The van der Waals surface area contributed by atoms with E-state index in [0.717, 1.165) is 51.7 Å². The highest BCUT2D eigenvalue weighted by Crippen LogP contribution is 2.43. The maximum absolute atomic E-state index is 10.2. The van der Waals surface area contributed by atoms with E-state index in [-0.39, 0.29) is 5.41 Å². The molecule has 1 aliphatic carbocycles. The van der Waals surface area contributed by atoms with Crippen molar-refractivity contribution in [2.75, 3.05) is 0 Å². The summed E-state index contributed by atoms with van der Waals surface area (Å²) < 4.78 is 0. The molecule has 3 aromatic rings. The van der Waals surface area contributed by atoms with Gasteiger partial charge in [-0.1, -0.05) is 80.9 Å². The number of pyridine rings is 1. The molecule has 0 N–H and O–H groups in total. The third-order valence-corrected chi connectivity index (χ3v) is 7.64. The first-order valence-electron chi connectivity index (χ1n) is 10.8. The van der Waals surface area contributed by atoms with Gasteiger partial charge in [-0.2, -0.15) is 5.26 Å². The van der Waals surface area contributed by atoms with E-state index in [2.05, 4.69) is 39.0 Å². The smallest absolute Gasteiger partial charge is 0.115 e. The third kappa shape index (κ3) is 4.66. The van der Waals surface area contributed by atoms with Gasteiger partial charge in [0.25, 0.3) is 0 Å². The van der Waals surface area contributed by atoms with E-state index in [9.17, 15) is 5.26 Å². The minimum Gasteiger partial charge on any atom is -0.245 e. The van der Waals surface area contributed by atoms with Crippen LogP contribution in [0.1, 0.15) is 49.6 Å². The minimum absolute atomic E-state index is 0.232. The van der Waals surface area contributed by atoms with E-state index in [1.54, 1.807) is 11.8 Å². The number of rotatable bonds is 4. The van der Waals surface area contributed by atoms with Crippen molar-refractivity contribution in [1.82, 2.24) is 4.98 Å². The maximum atomic E-state index is 10.2. The number of hydrogen-bond donors (Lipinski definition) is 0. The number of thioether (sulfide) groups is 1. The van der Waals surface area contributed by atoms with Crippen molar-refractivity contribution in [3.63, 3.8) is 0 Å². The second kappa shape index (κ2) is 9.07. The summed E-state index contributed by atoms with van der Waals surface area (Å²) in [5.74, 6) is 1.27. The fourth-order valence-electron chi connectivity index (χ4n) is 4.37. The highest BCUT2D eigenvalue weighted by Gasteiger charge is 2.32. The van der Waals surface area contributed by atoms with Crippen molar-refractivity contribution < 1.29 is 0 Å². The number of halogens is 1. The summed E-state index contributed by atoms with van der Waals surface area (Å²) in [4.78, 5) is 5.03. The zero-order chi connectivity index (χ0) is 22.0. The second-order valence-electron chi connectivity index (χ2n) is 9.26. The zero-order valence-corrected chi connectivity index (χ0v) is 19.9. The van der Waals surface area contributed by atoms with Crippen LogP contribution >= 0.6 is 23.4 Å². The Balaban J connectivity index is 1.81. The van der Waals surface area contributed by atoms with Gasteiger partial charge in [-0.25, -0.2) is 4.98 Å². The molecule has 1 heterocycles. The standard InChI is InChI=1S/C27H27ClN2S/c1-27(2,3)20-13-14-24-21(15-20)25(18-9-5-4-6-10-18)22(16-29)26(30-24)31-17-19-11-7-8-12-23(19)28/h4-12,20H,13-15,17H2,1-3H3/t20-/m1/s1. The molecule has 2 nitrogen and oxygen atoms in total. The molecule has 158 valence electrons. The molecule has 0 radical (unpaired) electrons. The van der Waals surface area contributed by atoms with Crippen LogP contribution in [0.4, 0.5) is 0 Å². The van der Waals surface area contributed by atoms with Crippen LogP contribution in [-0.2, 0) is 18.6 Å². The molecule has 0 fully saturated rings. The summed E-state index contributed by atoms with van der Waals surface area (Å²) in [6.07, 6.45) is 3.07. The average molecular weight is 447 g/mol. The fraction of sp³-hybridized carbons (Fsp3) is 0.333. The number of aryl methyl sites for hydroxylation is 1. The molecule has 0 aliphatic heterocycles. The number of aromatic nitrogens is 1. The molecule has 0 bridgehead atoms. The first-order valence-corrected chi connectivity index (χ1v) is 12.1. The number of hydrogen-bond acceptors (Lipinski definition) is 3. The lowest BCUT2D eigenvalue weighted by Gasteiger charge is -2.36. The van der Waals surface area contributed by atoms with Crippen molar-refractivity contribution in [3.8, 4) is 17.2 Å². The van der Waals surface area contributed by atoms with E-state index in [1.165, 1.54) is 5.56 Å². The van der Waals surface area contributed by atoms with Gasteiger partial charge < -0.3 is 0 Å². The molecule has 0 saturated carbocycles. The van der Waals surface area contributed by atoms with Crippen LogP contribution in [0.5, 0.6) is 0 Å². The van der Waals surface area contributed by atoms with Gasteiger partial charge in [-0.05, 0) is 53.4 Å². The highest BCUT2D eigenvalue weighted by atomic mass is 35.5. The number of fused-ring (bicyclic) bond motifs is 1. The first-order chi connectivity index (χ1) is 14.9. The van der Waals surface area contributed by atoms with Crippen LogP contribution in [0.2, 0.25) is 5.02 Å². The van der Waals surface area contributed by atoms with Crippen LogP contribution in [0.3, 0.4) is 0 Å². The van der Waals surface area contributed by atoms with E-state index in [1.807, 2.05) is 42.5 Å². The zero-order valence-electron chi connectivity index (χ0n) is 18.3. The van der Waals surface area contributed by atoms with Crippen molar-refractivity contribution in [1.29, 1.82) is 5.26 Å². The van der Waals surface area contributed by atoms with E-state index in [4.69, 9.17) is 16.6 Å². The monoisotopic (exact) mass is 446 g/mol. The Kier molecular flexibility index (Phi) is 6.42. The summed E-state index contributed by atoms with van der Waals surface area (Å²) in [7, 11) is 0. The Bertz CT molecular complexity index is 1130. The largest absolute Gasteiger partial charge is 0.245 e. The highest BCUT2D eigenvalue weighted by molar-refractivity contribution is 7.98. The summed E-state index contributed by atoms with van der Waals surface area (Å²) in [6, 6.07) is 20.7. The Morgan fingerprint density at radius 2 is 1.81 bits per heavy atom. The van der Waals surface area contributed by atoms with Gasteiger partial charge in [0, 0.05) is 22.0 Å². The molecule has 0 unspecified atom stereocenters. The normalized spacial score (nSPS) is 15.9. The quantitative estimate of drug-likeness (QED) is 0.385. The van der Waals surface area contributed by atoms with Gasteiger partial charge in [0.15, 0.2) is 0 Å². The summed E-state index contributed by atoms with van der Waals surface area (Å²) >= 11 is 7.98. The molecule has 1 atom stereocenters. The molecule has 31 heavy (non-hydrogen) atoms. The molecule has 1 aromatic heterocycles. The fourth-order valence-corrected chi connectivity index (χ4v) is 5.66. The van der Waals surface area contributed by atoms with E-state index < -0.39 is 0 Å². The Hall–Kier alpha value is -2.28. The molecular formula is C27H27ClN2S. The molecule has 0 spiro atoms. The lowest BCUT2D eigenvalue weighted by Crippen LogP contribution is -2.28. The molecule has 0 saturated heterocycles. The predicted molar refractivity (Wildman–Crippen MR) is 130 cm³/mol. The molecule has 1 aliphatic rings. The minimum atomic E-state index is 0.232. The van der Waals surface area contributed by atoms with Crippen molar-refractivity contribution >= 4 is 23.4 Å². The number of nitriles is 1. The summed E-state index contributed by atoms with van der Waals surface area (Å²) in [6.45, 7) is 6.95. The second-order valence-corrected chi connectivity index (χ2v) is 10.6. The van der Waals surface area contributed by atoms with Gasteiger partial charge >= 0.3 is 0 Å². The number of nitrogens with zero attached hydrogens (tertiary/aromatic N) is 2. The van der Waals surface area contributed by atoms with E-state index >= 15 is 0 Å². The lowest BCUT2D eigenvalue weighted by molar-refractivity contribution is 0.215. The van der Waals surface area contributed by atoms with Crippen molar-refractivity contribution in [2.45, 2.75) is 50.8 Å². The van der Waals surface area contributed by atoms with Gasteiger partial charge in [0.05, 0.1) is 5.56 Å². The summed E-state index contributed by atoms with van der Waals surface area (Å²) in [5, 5.41) is 11.8. The van der Waals surface area contributed by atoms with Crippen LogP contribution in [0.15, 0.2) is 59.6 Å². The van der Waals surface area contributed by atoms with Gasteiger partial charge in [-0.3, -0.25) is 0 Å². The third-order valence-electron chi connectivity index (χ3n) is 6.25. The van der Waals surface area contributed by atoms with Crippen molar-refractivity contribution in [3.05, 3.63) is 82.0 Å². The Labute approximate surface area is 194 Å². The molecular weight excluding hydrogens is 420 g/mol. The van der Waals surface area contributed by atoms with Gasteiger partial charge in [-0.15, -0.1) is 11.8 Å².